The number of allylic oxidation sites excluding steroid dienone is 1. The van der Waals surface area contributed by atoms with Gasteiger partial charge in [0.1, 0.15) is 17.6 Å². The zero-order chi connectivity index (χ0) is 19.1. The van der Waals surface area contributed by atoms with Gasteiger partial charge in [-0.05, 0) is 49.9 Å². The van der Waals surface area contributed by atoms with Crippen molar-refractivity contribution in [2.24, 2.45) is 5.92 Å². The zero-order valence-electron chi connectivity index (χ0n) is 15.7. The summed E-state index contributed by atoms with van der Waals surface area (Å²) in [6.07, 6.45) is 5.43. The molecule has 0 bridgehead atoms. The normalized spacial score (nSPS) is 31.0. The van der Waals surface area contributed by atoms with E-state index in [0.717, 1.165) is 22.3 Å². The summed E-state index contributed by atoms with van der Waals surface area (Å²) in [7, 11) is 0. The van der Waals surface area contributed by atoms with E-state index in [1.54, 1.807) is 12.2 Å². The molecule has 142 valence electrons. The summed E-state index contributed by atoms with van der Waals surface area (Å²) in [5, 5.41) is 2.02. The van der Waals surface area contributed by atoms with Gasteiger partial charge in [-0.1, -0.05) is 24.3 Å². The first-order chi connectivity index (χ1) is 13.4. The Morgan fingerprint density at radius 1 is 1.00 bits per heavy atom. The number of benzene rings is 2. The predicted octanol–water partition coefficient (Wildman–Crippen LogP) is 3.91. The van der Waals surface area contributed by atoms with Crippen LogP contribution in [0, 0.1) is 5.92 Å². The lowest BCUT2D eigenvalue weighted by atomic mass is 9.74. The molecule has 0 aromatic heterocycles. The third-order valence-corrected chi connectivity index (χ3v) is 6.01. The zero-order valence-corrected chi connectivity index (χ0v) is 15.7. The summed E-state index contributed by atoms with van der Waals surface area (Å²) in [5.41, 5.74) is 0.677. The first-order valence-electron chi connectivity index (χ1n) is 9.65. The number of fused-ring (bicyclic) bond motifs is 3. The Hall–Kier alpha value is -2.63. The van der Waals surface area contributed by atoms with E-state index in [1.165, 1.54) is 0 Å². The molecule has 0 saturated carbocycles. The van der Waals surface area contributed by atoms with Crippen LogP contribution >= 0.6 is 0 Å². The second-order valence-corrected chi connectivity index (χ2v) is 8.28. The summed E-state index contributed by atoms with van der Waals surface area (Å²) >= 11 is 0. The van der Waals surface area contributed by atoms with Gasteiger partial charge in [0, 0.05) is 11.6 Å². The molecule has 5 nitrogen and oxygen atoms in total. The number of carbonyl (C=O) groups excluding carboxylic acids is 1. The summed E-state index contributed by atoms with van der Waals surface area (Å²) < 4.78 is 25.0. The SMILES string of the molecule is CC1(C)O[C@H]2C=C3C(=O)C=CC4(Oc5cccc6cccc(c56)O4)C3C[C@H]2O1. The highest BCUT2D eigenvalue weighted by atomic mass is 16.8. The van der Waals surface area contributed by atoms with Crippen LogP contribution in [0.25, 0.3) is 10.8 Å². The number of hydrogen-bond acceptors (Lipinski definition) is 5. The minimum Gasteiger partial charge on any atom is -0.447 e. The topological polar surface area (TPSA) is 54.0 Å². The van der Waals surface area contributed by atoms with Crippen LogP contribution in [0.1, 0.15) is 20.3 Å². The molecule has 2 aliphatic heterocycles. The highest BCUT2D eigenvalue weighted by Crippen LogP contribution is 2.50. The first-order valence-corrected chi connectivity index (χ1v) is 9.65. The fraction of sp³-hybridized carbons (Fsp3) is 0.348. The van der Waals surface area contributed by atoms with Crippen LogP contribution in [0.2, 0.25) is 0 Å². The van der Waals surface area contributed by atoms with Crippen LogP contribution in [-0.2, 0) is 14.3 Å². The van der Waals surface area contributed by atoms with Gasteiger partial charge in [-0.3, -0.25) is 4.79 Å². The van der Waals surface area contributed by atoms with Crippen LogP contribution in [0.15, 0.2) is 60.2 Å². The van der Waals surface area contributed by atoms with Crippen LogP contribution in [0.4, 0.5) is 0 Å². The van der Waals surface area contributed by atoms with Crippen LogP contribution in [0.3, 0.4) is 0 Å². The summed E-state index contributed by atoms with van der Waals surface area (Å²) in [6, 6.07) is 11.9. The van der Waals surface area contributed by atoms with Crippen LogP contribution < -0.4 is 9.47 Å². The molecule has 2 aliphatic carbocycles. The Morgan fingerprint density at radius 3 is 2.43 bits per heavy atom. The van der Waals surface area contributed by atoms with Crippen LogP contribution in [-0.4, -0.2) is 29.6 Å². The van der Waals surface area contributed by atoms with Crippen molar-refractivity contribution in [3.05, 3.63) is 60.2 Å². The average molecular weight is 376 g/mol. The third-order valence-electron chi connectivity index (χ3n) is 6.01. The van der Waals surface area contributed by atoms with E-state index in [0.29, 0.717) is 12.0 Å². The third kappa shape index (κ3) is 2.17. The minimum atomic E-state index is -1.07. The summed E-state index contributed by atoms with van der Waals surface area (Å²) in [6.45, 7) is 3.79. The van der Waals surface area contributed by atoms with Gasteiger partial charge in [0.25, 0.3) is 5.79 Å². The molecule has 0 N–H and O–H groups in total. The number of ether oxygens (including phenoxy) is 4. The van der Waals surface area contributed by atoms with Gasteiger partial charge in [0.05, 0.1) is 17.4 Å². The van der Waals surface area contributed by atoms with Crippen molar-refractivity contribution in [3.8, 4) is 11.5 Å². The molecule has 2 aromatic carbocycles. The lowest BCUT2D eigenvalue weighted by molar-refractivity contribution is -0.152. The van der Waals surface area contributed by atoms with Gasteiger partial charge in [0.2, 0.25) is 0 Å². The fourth-order valence-corrected chi connectivity index (χ4v) is 4.90. The Kier molecular flexibility index (Phi) is 3.06. The minimum absolute atomic E-state index is 0.0216. The van der Waals surface area contributed by atoms with Crippen molar-refractivity contribution < 1.29 is 23.7 Å². The van der Waals surface area contributed by atoms with E-state index in [2.05, 4.69) is 0 Å². The molecule has 1 unspecified atom stereocenters. The van der Waals surface area contributed by atoms with Gasteiger partial charge in [-0.2, -0.15) is 0 Å². The lowest BCUT2D eigenvalue weighted by Gasteiger charge is -2.46. The molecule has 2 aromatic rings. The fourth-order valence-electron chi connectivity index (χ4n) is 4.90. The molecule has 0 radical (unpaired) electrons. The first kappa shape index (κ1) is 16.3. The molecule has 1 spiro atoms. The van der Waals surface area contributed by atoms with Crippen molar-refractivity contribution >= 4 is 16.6 Å². The van der Waals surface area contributed by atoms with E-state index < -0.39 is 11.6 Å². The van der Waals surface area contributed by atoms with Gasteiger partial charge < -0.3 is 18.9 Å². The maximum Gasteiger partial charge on any atom is 0.278 e. The summed E-state index contributed by atoms with van der Waals surface area (Å²) in [4.78, 5) is 12.7. The average Bonchev–Trinajstić information content (AvgIpc) is 2.97. The van der Waals surface area contributed by atoms with E-state index in [9.17, 15) is 4.79 Å². The van der Waals surface area contributed by atoms with E-state index in [4.69, 9.17) is 18.9 Å². The Bertz CT molecular complexity index is 1040. The van der Waals surface area contributed by atoms with Crippen molar-refractivity contribution in [1.82, 2.24) is 0 Å². The van der Waals surface area contributed by atoms with Crippen molar-refractivity contribution in [1.29, 1.82) is 0 Å². The molecular formula is C23H20O5. The second kappa shape index (κ2) is 5.25. The monoisotopic (exact) mass is 376 g/mol. The molecule has 1 saturated heterocycles. The molecule has 0 amide bonds. The van der Waals surface area contributed by atoms with Crippen molar-refractivity contribution in [2.75, 3.05) is 0 Å². The van der Waals surface area contributed by atoms with Gasteiger partial charge in [0.15, 0.2) is 11.6 Å². The highest BCUT2D eigenvalue weighted by Gasteiger charge is 2.56. The Labute approximate surface area is 162 Å². The predicted molar refractivity (Wildman–Crippen MR) is 102 cm³/mol. The molecule has 1 fully saturated rings. The smallest absolute Gasteiger partial charge is 0.278 e. The molecule has 4 aliphatic rings. The largest absolute Gasteiger partial charge is 0.447 e. The van der Waals surface area contributed by atoms with Crippen molar-refractivity contribution in [3.63, 3.8) is 0 Å². The molecule has 5 heteroatoms. The highest BCUT2D eigenvalue weighted by molar-refractivity contribution is 6.06. The number of rotatable bonds is 0. The van der Waals surface area contributed by atoms with Gasteiger partial charge in [-0.25, -0.2) is 0 Å². The lowest BCUT2D eigenvalue weighted by Crippen LogP contribution is -2.55. The Morgan fingerprint density at radius 2 is 1.71 bits per heavy atom. The van der Waals surface area contributed by atoms with E-state index in [1.807, 2.05) is 56.3 Å². The molecule has 6 rings (SSSR count). The molecule has 2 heterocycles. The maximum absolute atomic E-state index is 12.7. The summed E-state index contributed by atoms with van der Waals surface area (Å²) in [5.74, 6) is -0.495. The molecule has 3 atom stereocenters. The number of carbonyl (C=O) groups is 1. The maximum atomic E-state index is 12.7. The quantitative estimate of drug-likeness (QED) is 0.698. The number of ketones is 1. The Balaban J connectivity index is 1.47. The van der Waals surface area contributed by atoms with Crippen molar-refractivity contribution in [2.45, 2.75) is 44.1 Å². The number of hydrogen-bond donors (Lipinski definition) is 0. The molecule has 28 heavy (non-hydrogen) atoms. The second-order valence-electron chi connectivity index (χ2n) is 8.28. The van der Waals surface area contributed by atoms with Crippen LogP contribution in [0.5, 0.6) is 11.5 Å². The van der Waals surface area contributed by atoms with E-state index >= 15 is 0 Å². The van der Waals surface area contributed by atoms with Gasteiger partial charge >= 0.3 is 0 Å². The molecular weight excluding hydrogens is 356 g/mol. The van der Waals surface area contributed by atoms with E-state index in [-0.39, 0.29) is 23.9 Å². The standard InChI is InChI=1S/C23H20O5/c1-22(2)25-19-11-14-15(12-20(19)26-22)23(10-9-16(14)24)27-17-7-3-5-13-6-4-8-18(28-23)21(13)17/h3-11,15,19-20H,12H2,1-2H3/t15?,19-,20+/m0/s1. The van der Waals surface area contributed by atoms with Gasteiger partial charge in [-0.15, -0.1) is 0 Å².